The molecule has 0 saturated carbocycles. The molecule has 56 heavy (non-hydrogen) atoms. The molecule has 3 aromatic rings. The molecule has 2 saturated heterocycles. The van der Waals surface area contributed by atoms with Crippen LogP contribution in [0.1, 0.15) is 110 Å². The van der Waals surface area contributed by atoms with Gasteiger partial charge in [0.15, 0.2) is 0 Å². The zero-order valence-corrected chi connectivity index (χ0v) is 33.8. The van der Waals surface area contributed by atoms with Crippen molar-refractivity contribution < 1.29 is 33.8 Å². The highest BCUT2D eigenvalue weighted by Crippen LogP contribution is 2.42. The molecule has 4 aliphatic heterocycles. The zero-order valence-electron chi connectivity index (χ0n) is 33.8. The summed E-state index contributed by atoms with van der Waals surface area (Å²) in [6, 6.07) is 15.3. The predicted molar refractivity (Wildman–Crippen MR) is 214 cm³/mol. The number of benzene rings is 2. The van der Waals surface area contributed by atoms with Gasteiger partial charge in [-0.15, -0.1) is 0 Å². The lowest BCUT2D eigenvalue weighted by Crippen LogP contribution is -2.48. The number of nitrogens with zero attached hydrogens (tertiary/aromatic N) is 5. The molecule has 3 amide bonds. The van der Waals surface area contributed by atoms with Crippen molar-refractivity contribution in [3.63, 3.8) is 0 Å². The lowest BCUT2D eigenvalue weighted by molar-refractivity contribution is 0.0213. The van der Waals surface area contributed by atoms with Crippen LogP contribution in [-0.4, -0.2) is 99.3 Å². The average molecular weight is 768 g/mol. The minimum Gasteiger partial charge on any atom is -0.478 e. The van der Waals surface area contributed by atoms with Crippen molar-refractivity contribution >= 4 is 29.8 Å². The number of rotatable bonds is 3. The minimum absolute atomic E-state index is 0.108. The number of amides is 3. The standard InChI is InChI=1S/C29H38N4O3.C15H19NO4/c1-28(2,3)36-27(35)33-15-8-22-4-5-23(20-24(22)21-33)26(34)32-18-11-29(12-19-32)9-16-31(17-10-29)25-6-13-30-14-7-25;1-15(2,3)20-14(19)16-7-6-10-4-5-11(13(17)18)8-12(10)9-16/h4-7,13-14,20H,8-12,15-19,21H2,1-3H3;4-5,8H,6-7,9H2,1-3H3,(H,17,18). The Bertz CT molecular complexity index is 1900. The van der Waals surface area contributed by atoms with Gasteiger partial charge in [-0.05, 0) is 144 Å². The second-order valence-corrected chi connectivity index (χ2v) is 17.6. The van der Waals surface area contributed by atoms with E-state index in [1.165, 1.54) is 24.1 Å². The summed E-state index contributed by atoms with van der Waals surface area (Å²) < 4.78 is 10.9. The van der Waals surface area contributed by atoms with Crippen molar-refractivity contribution in [3.8, 4) is 0 Å². The summed E-state index contributed by atoms with van der Waals surface area (Å²) in [5.74, 6) is -0.849. The second-order valence-electron chi connectivity index (χ2n) is 17.6. The number of anilines is 1. The number of carboxylic acid groups (broad SMARTS) is 1. The molecule has 12 heteroatoms. The molecule has 2 fully saturated rings. The quantitative estimate of drug-likeness (QED) is 0.287. The van der Waals surface area contributed by atoms with Gasteiger partial charge in [0, 0.05) is 76.0 Å². The summed E-state index contributed by atoms with van der Waals surface area (Å²) in [7, 11) is 0. The third-order valence-electron chi connectivity index (χ3n) is 11.2. The number of piperidine rings is 2. The van der Waals surface area contributed by atoms with Crippen molar-refractivity contribution in [1.29, 1.82) is 0 Å². The fourth-order valence-electron chi connectivity index (χ4n) is 8.01. The molecule has 0 aliphatic carbocycles. The summed E-state index contributed by atoms with van der Waals surface area (Å²) in [6.07, 6.45) is 9.07. The second kappa shape index (κ2) is 16.5. The van der Waals surface area contributed by atoms with E-state index in [4.69, 9.17) is 14.6 Å². The lowest BCUT2D eigenvalue weighted by atomic mass is 9.71. The summed E-state index contributed by atoms with van der Waals surface area (Å²) in [5.41, 5.74) is 5.76. The maximum atomic E-state index is 13.4. The molecule has 300 valence electrons. The normalized spacial score (nSPS) is 17.9. The van der Waals surface area contributed by atoms with Gasteiger partial charge in [-0.25, -0.2) is 14.4 Å². The molecule has 7 rings (SSSR count). The van der Waals surface area contributed by atoms with Crippen molar-refractivity contribution in [3.05, 3.63) is 94.3 Å². The number of hydrogen-bond acceptors (Lipinski definition) is 8. The van der Waals surface area contributed by atoms with Gasteiger partial charge in [0.25, 0.3) is 5.91 Å². The molecule has 1 N–H and O–H groups in total. The summed E-state index contributed by atoms with van der Waals surface area (Å²) in [6.45, 7) is 17.0. The number of likely N-dealkylation sites (tertiary alicyclic amines) is 1. The van der Waals surface area contributed by atoms with E-state index in [1.54, 1.807) is 21.9 Å². The summed E-state index contributed by atoms with van der Waals surface area (Å²) in [5, 5.41) is 9.01. The van der Waals surface area contributed by atoms with Crippen LogP contribution in [0.2, 0.25) is 0 Å². The van der Waals surface area contributed by atoms with Crippen LogP contribution in [0.25, 0.3) is 0 Å². The van der Waals surface area contributed by atoms with Crippen molar-refractivity contribution in [1.82, 2.24) is 19.7 Å². The molecule has 0 bridgehead atoms. The monoisotopic (exact) mass is 767 g/mol. The molecule has 0 atom stereocenters. The van der Waals surface area contributed by atoms with E-state index < -0.39 is 17.2 Å². The molecule has 4 aliphatic rings. The minimum atomic E-state index is -0.956. The van der Waals surface area contributed by atoms with Gasteiger partial charge >= 0.3 is 18.2 Å². The van der Waals surface area contributed by atoms with Crippen LogP contribution in [0.5, 0.6) is 0 Å². The molecular formula is C44H57N5O7. The van der Waals surface area contributed by atoms with Crippen molar-refractivity contribution in [2.75, 3.05) is 44.2 Å². The average Bonchev–Trinajstić information content (AvgIpc) is 3.16. The Morgan fingerprint density at radius 3 is 1.55 bits per heavy atom. The summed E-state index contributed by atoms with van der Waals surface area (Å²) in [4.78, 5) is 60.9. The highest BCUT2D eigenvalue weighted by atomic mass is 16.6. The predicted octanol–water partition coefficient (Wildman–Crippen LogP) is 7.58. The van der Waals surface area contributed by atoms with Gasteiger partial charge in [0.05, 0.1) is 5.56 Å². The van der Waals surface area contributed by atoms with Crippen LogP contribution in [0.15, 0.2) is 60.9 Å². The largest absolute Gasteiger partial charge is 0.478 e. The highest BCUT2D eigenvalue weighted by molar-refractivity contribution is 5.94. The number of pyridine rings is 1. The maximum absolute atomic E-state index is 13.4. The van der Waals surface area contributed by atoms with Gasteiger partial charge in [0.2, 0.25) is 0 Å². The highest BCUT2D eigenvalue weighted by Gasteiger charge is 2.39. The lowest BCUT2D eigenvalue weighted by Gasteiger charge is -2.47. The number of fused-ring (bicyclic) bond motifs is 2. The first-order valence-corrected chi connectivity index (χ1v) is 19.8. The molecule has 5 heterocycles. The molecule has 1 aromatic heterocycles. The number of carbonyl (C=O) groups excluding carboxylic acids is 3. The van der Waals surface area contributed by atoms with Crippen molar-refractivity contribution in [2.45, 2.75) is 104 Å². The number of aromatic nitrogens is 1. The Kier molecular flexibility index (Phi) is 12.0. The Morgan fingerprint density at radius 1 is 0.607 bits per heavy atom. The van der Waals surface area contributed by atoms with Crippen LogP contribution in [0.3, 0.4) is 0 Å². The van der Waals surface area contributed by atoms with E-state index in [9.17, 15) is 19.2 Å². The Balaban J connectivity index is 0.000000225. The number of carbonyl (C=O) groups is 4. The van der Waals surface area contributed by atoms with E-state index in [0.717, 1.165) is 67.7 Å². The van der Waals surface area contributed by atoms with E-state index in [0.29, 0.717) is 38.0 Å². The first kappa shape index (κ1) is 40.5. The Morgan fingerprint density at radius 2 is 1.07 bits per heavy atom. The first-order chi connectivity index (χ1) is 26.5. The maximum Gasteiger partial charge on any atom is 0.410 e. The molecule has 1 spiro atoms. The number of aromatic carboxylic acids is 1. The van der Waals surface area contributed by atoms with E-state index in [-0.39, 0.29) is 23.7 Å². The van der Waals surface area contributed by atoms with Gasteiger partial charge in [-0.3, -0.25) is 9.78 Å². The SMILES string of the molecule is CC(C)(C)OC(=O)N1CCc2ccc(C(=O)N3CCC4(CC3)CCN(c3ccncc3)CC4)cc2C1.CC(C)(C)OC(=O)N1CCc2ccc(C(=O)O)cc2C1. The third kappa shape index (κ3) is 10.2. The summed E-state index contributed by atoms with van der Waals surface area (Å²) >= 11 is 0. The van der Waals surface area contributed by atoms with Gasteiger partial charge in [-0.2, -0.15) is 0 Å². The molecule has 2 aromatic carbocycles. The molecule has 12 nitrogen and oxygen atoms in total. The van der Waals surface area contributed by atoms with Crippen LogP contribution in [0, 0.1) is 5.41 Å². The smallest absolute Gasteiger partial charge is 0.410 e. The third-order valence-corrected chi connectivity index (χ3v) is 11.2. The van der Waals surface area contributed by atoms with Crippen LogP contribution in [-0.2, 0) is 35.4 Å². The van der Waals surface area contributed by atoms with E-state index in [1.807, 2.05) is 77.0 Å². The number of hydrogen-bond donors (Lipinski definition) is 1. The van der Waals surface area contributed by atoms with Gasteiger partial charge in [0.1, 0.15) is 11.2 Å². The molecular weight excluding hydrogens is 711 g/mol. The van der Waals surface area contributed by atoms with Crippen LogP contribution < -0.4 is 4.90 Å². The van der Waals surface area contributed by atoms with Crippen LogP contribution in [0.4, 0.5) is 15.3 Å². The molecule has 0 radical (unpaired) electrons. The van der Waals surface area contributed by atoms with Crippen LogP contribution >= 0.6 is 0 Å². The Labute approximate surface area is 330 Å². The zero-order chi connectivity index (χ0) is 40.3. The Hall–Kier alpha value is -5.13. The fraction of sp³-hybridized carbons (Fsp3) is 0.523. The first-order valence-electron chi connectivity index (χ1n) is 19.8. The van der Waals surface area contributed by atoms with Gasteiger partial charge in [-0.1, -0.05) is 12.1 Å². The van der Waals surface area contributed by atoms with E-state index in [2.05, 4.69) is 28.1 Å². The topological polar surface area (TPSA) is 133 Å². The molecule has 0 unspecified atom stereocenters. The van der Waals surface area contributed by atoms with Crippen molar-refractivity contribution in [2.24, 2.45) is 5.41 Å². The fourth-order valence-corrected chi connectivity index (χ4v) is 8.01. The number of ether oxygens (including phenoxy) is 2. The van der Waals surface area contributed by atoms with Gasteiger partial charge < -0.3 is 34.2 Å². The van der Waals surface area contributed by atoms with E-state index >= 15 is 0 Å². The number of carboxylic acids is 1.